The van der Waals surface area contributed by atoms with Crippen LogP contribution in [0.1, 0.15) is 32.3 Å². The third-order valence-corrected chi connectivity index (χ3v) is 2.99. The van der Waals surface area contributed by atoms with E-state index in [4.69, 9.17) is 4.74 Å². The van der Waals surface area contributed by atoms with Gasteiger partial charge in [0.15, 0.2) is 0 Å². The van der Waals surface area contributed by atoms with Gasteiger partial charge in [0.05, 0.1) is 31.2 Å². The van der Waals surface area contributed by atoms with Crippen LogP contribution in [0.5, 0.6) is 0 Å². The highest BCUT2D eigenvalue weighted by molar-refractivity contribution is 5.76. The molecular weight excluding hydrogens is 270 g/mol. The van der Waals surface area contributed by atoms with E-state index in [1.54, 1.807) is 17.3 Å². The summed E-state index contributed by atoms with van der Waals surface area (Å²) in [5, 5.41) is 6.33. The molecule has 0 bridgehead atoms. The highest BCUT2D eigenvalue weighted by Crippen LogP contribution is 2.11. The Morgan fingerprint density at radius 1 is 1.38 bits per heavy atom. The van der Waals surface area contributed by atoms with Crippen molar-refractivity contribution in [2.45, 2.75) is 33.3 Å². The van der Waals surface area contributed by atoms with E-state index in [0.29, 0.717) is 26.2 Å². The molecular formula is C14H23N5O2. The molecule has 7 nitrogen and oxygen atoms in total. The molecule has 1 aromatic heterocycles. The van der Waals surface area contributed by atoms with Gasteiger partial charge in [-0.3, -0.25) is 5.01 Å². The molecule has 0 aromatic carbocycles. The second-order valence-electron chi connectivity index (χ2n) is 6.09. The first kappa shape index (κ1) is 15.3. The lowest BCUT2D eigenvalue weighted by Crippen LogP contribution is -2.48. The quantitative estimate of drug-likeness (QED) is 0.841. The maximum absolute atomic E-state index is 11.9. The molecule has 0 aliphatic carbocycles. The van der Waals surface area contributed by atoms with Crippen LogP contribution < -0.4 is 0 Å². The van der Waals surface area contributed by atoms with Crippen molar-refractivity contribution < 1.29 is 9.53 Å². The van der Waals surface area contributed by atoms with Gasteiger partial charge in [-0.05, 0) is 27.7 Å². The molecule has 116 valence electrons. The van der Waals surface area contributed by atoms with Gasteiger partial charge in [-0.1, -0.05) is 0 Å². The van der Waals surface area contributed by atoms with Crippen LogP contribution in [0.2, 0.25) is 0 Å². The van der Waals surface area contributed by atoms with Crippen LogP contribution in [0.4, 0.5) is 4.79 Å². The summed E-state index contributed by atoms with van der Waals surface area (Å²) in [4.78, 5) is 20.9. The minimum Gasteiger partial charge on any atom is -0.444 e. The van der Waals surface area contributed by atoms with Crippen molar-refractivity contribution in [3.63, 3.8) is 0 Å². The third kappa shape index (κ3) is 4.77. The minimum absolute atomic E-state index is 0.254. The number of rotatable bonds is 2. The molecule has 1 saturated heterocycles. The minimum atomic E-state index is -0.454. The van der Waals surface area contributed by atoms with E-state index in [0.717, 1.165) is 11.5 Å². The van der Waals surface area contributed by atoms with Crippen LogP contribution in [0, 0.1) is 6.92 Å². The van der Waals surface area contributed by atoms with Crippen molar-refractivity contribution in [1.29, 1.82) is 0 Å². The molecule has 1 fully saturated rings. The van der Waals surface area contributed by atoms with Gasteiger partial charge in [-0.15, -0.1) is 0 Å². The molecule has 1 aliphatic heterocycles. The largest absolute Gasteiger partial charge is 0.444 e. The summed E-state index contributed by atoms with van der Waals surface area (Å²) in [6.07, 6.45) is 3.24. The van der Waals surface area contributed by atoms with Crippen molar-refractivity contribution >= 4 is 12.3 Å². The number of hydrazone groups is 1. The Hall–Kier alpha value is -2.05. The number of piperazine rings is 1. The number of H-pyrrole nitrogens is 1. The number of ether oxygens (including phenoxy) is 1. The molecule has 0 atom stereocenters. The van der Waals surface area contributed by atoms with Gasteiger partial charge in [-0.2, -0.15) is 5.10 Å². The summed E-state index contributed by atoms with van der Waals surface area (Å²) in [5.41, 5.74) is 0.423. The Balaban J connectivity index is 1.80. The average Bonchev–Trinajstić information content (AvgIpc) is 2.81. The smallest absolute Gasteiger partial charge is 0.410 e. The average molecular weight is 293 g/mol. The van der Waals surface area contributed by atoms with Crippen molar-refractivity contribution in [3.05, 3.63) is 17.7 Å². The van der Waals surface area contributed by atoms with Gasteiger partial charge < -0.3 is 14.6 Å². The van der Waals surface area contributed by atoms with Crippen molar-refractivity contribution in [2.75, 3.05) is 26.2 Å². The number of aromatic amines is 1. The standard InChI is InChI=1S/C14H23N5O2/c1-11-15-9-12(17-11)10-16-19-7-5-18(6-8-19)13(20)21-14(2,3)4/h9-10H,5-8H2,1-4H3,(H,15,17)/b16-10+. The number of nitrogens with zero attached hydrogens (tertiary/aromatic N) is 4. The zero-order chi connectivity index (χ0) is 15.5. The van der Waals surface area contributed by atoms with E-state index in [9.17, 15) is 4.79 Å². The number of aromatic nitrogens is 2. The Bertz CT molecular complexity index is 510. The maximum atomic E-state index is 11.9. The molecule has 1 aliphatic rings. The monoisotopic (exact) mass is 293 g/mol. The Morgan fingerprint density at radius 3 is 2.57 bits per heavy atom. The fourth-order valence-corrected chi connectivity index (χ4v) is 1.97. The van der Waals surface area contributed by atoms with Crippen LogP contribution in [-0.2, 0) is 4.74 Å². The normalized spacial score (nSPS) is 16.6. The SMILES string of the molecule is Cc1ncc(/C=N/N2CCN(C(=O)OC(C)(C)C)CC2)[nH]1. The molecule has 2 rings (SSSR count). The van der Waals surface area contributed by atoms with Crippen LogP contribution in [0.15, 0.2) is 11.3 Å². The molecule has 0 unspecified atom stereocenters. The number of imidazole rings is 1. The number of hydrogen-bond donors (Lipinski definition) is 1. The lowest BCUT2D eigenvalue weighted by Gasteiger charge is -2.34. The van der Waals surface area contributed by atoms with E-state index < -0.39 is 5.60 Å². The van der Waals surface area contributed by atoms with Gasteiger partial charge in [0.2, 0.25) is 0 Å². The first-order valence-corrected chi connectivity index (χ1v) is 7.12. The highest BCUT2D eigenvalue weighted by Gasteiger charge is 2.25. The molecule has 0 radical (unpaired) electrons. The van der Waals surface area contributed by atoms with Gasteiger partial charge in [0, 0.05) is 13.1 Å². The number of nitrogens with one attached hydrogen (secondary N) is 1. The summed E-state index contributed by atoms with van der Waals surface area (Å²) < 4.78 is 5.36. The Kier molecular flexibility index (Phi) is 4.50. The lowest BCUT2D eigenvalue weighted by molar-refractivity contribution is 0.0148. The molecule has 1 aromatic rings. The van der Waals surface area contributed by atoms with E-state index in [-0.39, 0.29) is 6.09 Å². The van der Waals surface area contributed by atoms with E-state index >= 15 is 0 Å². The second kappa shape index (κ2) is 6.15. The number of carbonyl (C=O) groups is 1. The highest BCUT2D eigenvalue weighted by atomic mass is 16.6. The van der Waals surface area contributed by atoms with Gasteiger partial charge in [0.1, 0.15) is 11.4 Å². The van der Waals surface area contributed by atoms with Crippen LogP contribution in [0.3, 0.4) is 0 Å². The first-order valence-electron chi connectivity index (χ1n) is 7.12. The van der Waals surface area contributed by atoms with Gasteiger partial charge in [0.25, 0.3) is 0 Å². The molecule has 1 N–H and O–H groups in total. The summed E-state index contributed by atoms with van der Waals surface area (Å²) >= 11 is 0. The Labute approximate surface area is 125 Å². The van der Waals surface area contributed by atoms with Crippen LogP contribution in [0.25, 0.3) is 0 Å². The fourth-order valence-electron chi connectivity index (χ4n) is 1.97. The number of amides is 1. The molecule has 2 heterocycles. The van der Waals surface area contributed by atoms with Gasteiger partial charge in [-0.25, -0.2) is 9.78 Å². The predicted molar refractivity (Wildman–Crippen MR) is 80.3 cm³/mol. The summed E-state index contributed by atoms with van der Waals surface area (Å²) in [6.45, 7) is 10.2. The zero-order valence-corrected chi connectivity index (χ0v) is 13.1. The summed E-state index contributed by atoms with van der Waals surface area (Å²) in [7, 11) is 0. The Morgan fingerprint density at radius 2 is 2.05 bits per heavy atom. The van der Waals surface area contributed by atoms with Crippen molar-refractivity contribution in [2.24, 2.45) is 5.10 Å². The van der Waals surface area contributed by atoms with Crippen LogP contribution >= 0.6 is 0 Å². The van der Waals surface area contributed by atoms with Crippen molar-refractivity contribution in [1.82, 2.24) is 19.9 Å². The number of carbonyl (C=O) groups excluding carboxylic acids is 1. The summed E-state index contributed by atoms with van der Waals surface area (Å²) in [5.74, 6) is 0.867. The van der Waals surface area contributed by atoms with Gasteiger partial charge >= 0.3 is 6.09 Å². The first-order chi connectivity index (χ1) is 9.83. The number of aryl methyl sites for hydroxylation is 1. The predicted octanol–water partition coefficient (Wildman–Crippen LogP) is 1.60. The molecule has 0 saturated carbocycles. The lowest BCUT2D eigenvalue weighted by atomic mass is 10.2. The van der Waals surface area contributed by atoms with Crippen LogP contribution in [-0.4, -0.2) is 64.0 Å². The van der Waals surface area contributed by atoms with E-state index in [1.165, 1.54) is 0 Å². The summed E-state index contributed by atoms with van der Waals surface area (Å²) in [6, 6.07) is 0. The molecule has 0 spiro atoms. The molecule has 21 heavy (non-hydrogen) atoms. The molecule has 7 heteroatoms. The fraction of sp³-hybridized carbons (Fsp3) is 0.643. The van der Waals surface area contributed by atoms with E-state index in [1.807, 2.05) is 32.7 Å². The number of hydrogen-bond acceptors (Lipinski definition) is 5. The zero-order valence-electron chi connectivity index (χ0n) is 13.1. The maximum Gasteiger partial charge on any atom is 0.410 e. The second-order valence-corrected chi connectivity index (χ2v) is 6.09. The molecule has 1 amide bonds. The van der Waals surface area contributed by atoms with Crippen molar-refractivity contribution in [3.8, 4) is 0 Å². The van der Waals surface area contributed by atoms with E-state index in [2.05, 4.69) is 15.1 Å². The third-order valence-electron chi connectivity index (χ3n) is 2.99. The topological polar surface area (TPSA) is 73.8 Å².